The largest absolute Gasteiger partial charge is 0.497 e. The maximum atomic E-state index is 12.1. The molecule has 0 aliphatic carbocycles. The van der Waals surface area contributed by atoms with Gasteiger partial charge in [0.2, 0.25) is 0 Å². The Morgan fingerprint density at radius 3 is 2.55 bits per heavy atom. The summed E-state index contributed by atoms with van der Waals surface area (Å²) in [7, 11) is 1.66. The fraction of sp³-hybridized carbons (Fsp3) is 0.471. The Hall–Kier alpha value is -2.01. The highest BCUT2D eigenvalue weighted by molar-refractivity contribution is 5.74. The molecule has 1 aliphatic heterocycles. The van der Waals surface area contributed by atoms with Gasteiger partial charge in [-0.1, -0.05) is 18.2 Å². The van der Waals surface area contributed by atoms with E-state index in [2.05, 4.69) is 16.8 Å². The number of carbonyl (C=O) groups is 1. The second-order valence-corrected chi connectivity index (χ2v) is 5.41. The second kappa shape index (κ2) is 8.44. The molecule has 1 aliphatic rings. The highest BCUT2D eigenvalue weighted by atomic mass is 16.5. The van der Waals surface area contributed by atoms with E-state index >= 15 is 0 Å². The lowest BCUT2D eigenvalue weighted by atomic mass is 10.1. The van der Waals surface area contributed by atoms with Crippen molar-refractivity contribution in [2.75, 3.05) is 46.4 Å². The van der Waals surface area contributed by atoms with Crippen LogP contribution in [0.5, 0.6) is 5.75 Å². The summed E-state index contributed by atoms with van der Waals surface area (Å²) in [5.41, 5.74) is 1.19. The molecule has 2 amide bonds. The number of piperazine rings is 1. The van der Waals surface area contributed by atoms with Crippen molar-refractivity contribution in [1.82, 2.24) is 15.1 Å². The molecule has 1 fully saturated rings. The molecule has 22 heavy (non-hydrogen) atoms. The van der Waals surface area contributed by atoms with Crippen LogP contribution in [0, 0.1) is 0 Å². The first kappa shape index (κ1) is 16.4. The van der Waals surface area contributed by atoms with Crippen molar-refractivity contribution < 1.29 is 9.53 Å². The second-order valence-electron chi connectivity index (χ2n) is 5.41. The Morgan fingerprint density at radius 2 is 1.95 bits per heavy atom. The lowest BCUT2D eigenvalue weighted by molar-refractivity contribution is 0.147. The highest BCUT2D eigenvalue weighted by Gasteiger charge is 2.19. The first-order chi connectivity index (χ1) is 10.7. The number of ether oxygens (including phenoxy) is 1. The summed E-state index contributed by atoms with van der Waals surface area (Å²) >= 11 is 0. The fourth-order valence-corrected chi connectivity index (χ4v) is 2.53. The van der Waals surface area contributed by atoms with Crippen LogP contribution in [0.4, 0.5) is 4.79 Å². The molecule has 120 valence electrons. The quantitative estimate of drug-likeness (QED) is 0.814. The Kier molecular flexibility index (Phi) is 6.27. The van der Waals surface area contributed by atoms with Crippen molar-refractivity contribution in [3.63, 3.8) is 0 Å². The number of carbonyl (C=O) groups excluding carboxylic acids is 1. The smallest absolute Gasteiger partial charge is 0.317 e. The van der Waals surface area contributed by atoms with Gasteiger partial charge in [-0.15, -0.1) is 6.58 Å². The third kappa shape index (κ3) is 4.77. The molecule has 0 atom stereocenters. The van der Waals surface area contributed by atoms with E-state index in [1.165, 1.54) is 5.56 Å². The van der Waals surface area contributed by atoms with Gasteiger partial charge in [-0.3, -0.25) is 4.90 Å². The van der Waals surface area contributed by atoms with Crippen LogP contribution in [0.25, 0.3) is 0 Å². The Balaban J connectivity index is 1.68. The maximum absolute atomic E-state index is 12.1. The Labute approximate surface area is 132 Å². The van der Waals surface area contributed by atoms with Gasteiger partial charge in [0.25, 0.3) is 0 Å². The van der Waals surface area contributed by atoms with Crippen LogP contribution in [0.1, 0.15) is 5.56 Å². The fourth-order valence-electron chi connectivity index (χ4n) is 2.53. The van der Waals surface area contributed by atoms with Gasteiger partial charge >= 0.3 is 6.03 Å². The predicted octanol–water partition coefficient (Wildman–Crippen LogP) is 1.75. The van der Waals surface area contributed by atoms with Crippen molar-refractivity contribution in [3.8, 4) is 5.75 Å². The molecule has 1 heterocycles. The van der Waals surface area contributed by atoms with E-state index in [9.17, 15) is 4.79 Å². The third-order valence-electron chi connectivity index (χ3n) is 3.90. The number of rotatable bonds is 6. The van der Waals surface area contributed by atoms with Crippen LogP contribution >= 0.6 is 0 Å². The first-order valence-electron chi connectivity index (χ1n) is 7.72. The van der Waals surface area contributed by atoms with Gasteiger partial charge in [-0.25, -0.2) is 4.79 Å². The topological polar surface area (TPSA) is 44.8 Å². The van der Waals surface area contributed by atoms with E-state index in [0.29, 0.717) is 6.54 Å². The van der Waals surface area contributed by atoms with Crippen LogP contribution in [0.3, 0.4) is 0 Å². The summed E-state index contributed by atoms with van der Waals surface area (Å²) in [6.07, 6.45) is 2.73. The van der Waals surface area contributed by atoms with Gasteiger partial charge in [0.05, 0.1) is 7.11 Å². The van der Waals surface area contributed by atoms with Gasteiger partial charge in [0, 0.05) is 39.3 Å². The number of urea groups is 1. The molecular weight excluding hydrogens is 278 g/mol. The highest BCUT2D eigenvalue weighted by Crippen LogP contribution is 2.11. The average molecular weight is 303 g/mol. The Bertz CT molecular complexity index is 479. The molecular formula is C17H25N3O2. The molecule has 0 aromatic heterocycles. The summed E-state index contributed by atoms with van der Waals surface area (Å²) in [6.45, 7) is 8.68. The minimum absolute atomic E-state index is 0.0340. The van der Waals surface area contributed by atoms with Crippen molar-refractivity contribution in [1.29, 1.82) is 0 Å². The summed E-state index contributed by atoms with van der Waals surface area (Å²) in [5, 5.41) is 2.99. The number of methoxy groups -OCH3 is 1. The number of amides is 2. The summed E-state index contributed by atoms with van der Waals surface area (Å²) < 4.78 is 5.13. The molecule has 0 bridgehead atoms. The third-order valence-corrected chi connectivity index (χ3v) is 3.90. The molecule has 1 saturated heterocycles. The maximum Gasteiger partial charge on any atom is 0.317 e. The molecule has 1 aromatic carbocycles. The van der Waals surface area contributed by atoms with Gasteiger partial charge in [-0.05, 0) is 24.1 Å². The molecule has 1 N–H and O–H groups in total. The summed E-state index contributed by atoms with van der Waals surface area (Å²) in [5.74, 6) is 0.852. The van der Waals surface area contributed by atoms with E-state index < -0.39 is 0 Å². The SMILES string of the molecule is C=CCN1CCN(C(=O)NCCc2ccc(OC)cc2)CC1. The summed E-state index contributed by atoms with van der Waals surface area (Å²) in [6, 6.07) is 7.97. The molecule has 5 nitrogen and oxygen atoms in total. The van der Waals surface area contributed by atoms with E-state index in [1.54, 1.807) is 7.11 Å². The van der Waals surface area contributed by atoms with E-state index in [4.69, 9.17) is 4.74 Å². The Morgan fingerprint density at radius 1 is 1.27 bits per heavy atom. The molecule has 0 radical (unpaired) electrons. The minimum Gasteiger partial charge on any atom is -0.497 e. The van der Waals surface area contributed by atoms with Crippen LogP contribution in [0.2, 0.25) is 0 Å². The zero-order valence-electron chi connectivity index (χ0n) is 13.3. The lowest BCUT2D eigenvalue weighted by Crippen LogP contribution is -2.51. The molecule has 0 spiro atoms. The van der Waals surface area contributed by atoms with Crippen molar-refractivity contribution in [3.05, 3.63) is 42.5 Å². The first-order valence-corrected chi connectivity index (χ1v) is 7.72. The van der Waals surface area contributed by atoms with Crippen molar-refractivity contribution >= 4 is 6.03 Å². The minimum atomic E-state index is 0.0340. The number of nitrogens with one attached hydrogen (secondary N) is 1. The molecule has 0 saturated carbocycles. The van der Waals surface area contributed by atoms with Gasteiger partial charge in [0.1, 0.15) is 5.75 Å². The van der Waals surface area contributed by atoms with Crippen LogP contribution < -0.4 is 10.1 Å². The van der Waals surface area contributed by atoms with Gasteiger partial charge < -0.3 is 15.0 Å². The average Bonchev–Trinajstić information content (AvgIpc) is 2.56. The van der Waals surface area contributed by atoms with Crippen LogP contribution in [-0.2, 0) is 6.42 Å². The van der Waals surface area contributed by atoms with E-state index in [0.717, 1.165) is 44.9 Å². The van der Waals surface area contributed by atoms with Crippen LogP contribution in [0.15, 0.2) is 36.9 Å². The normalized spacial score (nSPS) is 15.4. The molecule has 2 rings (SSSR count). The van der Waals surface area contributed by atoms with E-state index in [-0.39, 0.29) is 6.03 Å². The van der Waals surface area contributed by atoms with Gasteiger partial charge in [0.15, 0.2) is 0 Å². The zero-order valence-corrected chi connectivity index (χ0v) is 13.3. The van der Waals surface area contributed by atoms with Crippen LogP contribution in [-0.4, -0.2) is 62.2 Å². The lowest BCUT2D eigenvalue weighted by Gasteiger charge is -2.34. The standard InChI is InChI=1S/C17H25N3O2/c1-3-10-19-11-13-20(14-12-19)17(21)18-9-8-15-4-6-16(22-2)7-5-15/h3-7H,1,8-14H2,2H3,(H,18,21). The number of hydrogen-bond donors (Lipinski definition) is 1. The van der Waals surface area contributed by atoms with Crippen molar-refractivity contribution in [2.24, 2.45) is 0 Å². The number of nitrogens with zero attached hydrogens (tertiary/aromatic N) is 2. The predicted molar refractivity (Wildman–Crippen MR) is 88.3 cm³/mol. The number of benzene rings is 1. The van der Waals surface area contributed by atoms with Crippen molar-refractivity contribution in [2.45, 2.75) is 6.42 Å². The molecule has 5 heteroatoms. The van der Waals surface area contributed by atoms with E-state index in [1.807, 2.05) is 35.2 Å². The molecule has 1 aromatic rings. The monoisotopic (exact) mass is 303 g/mol. The summed E-state index contributed by atoms with van der Waals surface area (Å²) in [4.78, 5) is 16.3. The molecule has 0 unspecified atom stereocenters. The number of hydrogen-bond acceptors (Lipinski definition) is 3. The van der Waals surface area contributed by atoms with Gasteiger partial charge in [-0.2, -0.15) is 0 Å². The zero-order chi connectivity index (χ0) is 15.8.